The average Bonchev–Trinajstić information content (AvgIpc) is 3.23. The number of nitrogens with zero attached hydrogens (tertiary/aromatic N) is 5. The number of fused-ring (bicyclic) bond motifs is 1. The lowest BCUT2D eigenvalue weighted by Crippen LogP contribution is -2.33. The Balaban J connectivity index is 1.53. The Morgan fingerprint density at radius 1 is 1.27 bits per heavy atom. The van der Waals surface area contributed by atoms with Gasteiger partial charge in [-0.1, -0.05) is 17.3 Å². The second-order valence-corrected chi connectivity index (χ2v) is 7.19. The molecule has 0 spiro atoms. The van der Waals surface area contributed by atoms with E-state index in [2.05, 4.69) is 33.2 Å². The summed E-state index contributed by atoms with van der Waals surface area (Å²) >= 11 is 0. The van der Waals surface area contributed by atoms with E-state index >= 15 is 0 Å². The summed E-state index contributed by atoms with van der Waals surface area (Å²) in [5, 5.41) is 10.3. The molecular weight excluding hydrogens is 326 g/mol. The van der Waals surface area contributed by atoms with Gasteiger partial charge in [-0.05, 0) is 43.8 Å². The Labute approximate surface area is 152 Å². The Morgan fingerprint density at radius 2 is 2.15 bits per heavy atom. The highest BCUT2D eigenvalue weighted by molar-refractivity contribution is 5.88. The van der Waals surface area contributed by atoms with Gasteiger partial charge in [-0.3, -0.25) is 19.4 Å². The number of pyridine rings is 1. The van der Waals surface area contributed by atoms with E-state index in [0.29, 0.717) is 19.0 Å². The summed E-state index contributed by atoms with van der Waals surface area (Å²) in [6, 6.07) is 8.66. The van der Waals surface area contributed by atoms with E-state index in [1.165, 1.54) is 12.8 Å². The second-order valence-electron chi connectivity index (χ2n) is 7.19. The van der Waals surface area contributed by atoms with Gasteiger partial charge in [0, 0.05) is 35.9 Å². The zero-order valence-electron chi connectivity index (χ0n) is 15.2. The minimum Gasteiger partial charge on any atom is -0.298 e. The Morgan fingerprint density at radius 3 is 2.88 bits per heavy atom. The molecule has 6 heteroatoms. The van der Waals surface area contributed by atoms with Crippen molar-refractivity contribution >= 4 is 16.6 Å². The van der Waals surface area contributed by atoms with Crippen molar-refractivity contribution in [3.63, 3.8) is 0 Å². The lowest BCUT2D eigenvalue weighted by Gasteiger charge is -2.19. The molecule has 3 heterocycles. The molecule has 0 amide bonds. The monoisotopic (exact) mass is 349 g/mol. The first-order valence-corrected chi connectivity index (χ1v) is 9.09. The van der Waals surface area contributed by atoms with E-state index in [0.717, 1.165) is 34.3 Å². The van der Waals surface area contributed by atoms with Gasteiger partial charge in [0.25, 0.3) is 0 Å². The highest BCUT2D eigenvalue weighted by atomic mass is 16.1. The number of aryl methyl sites for hydroxylation is 1. The Hall–Kier alpha value is -2.60. The molecule has 1 aromatic carbocycles. The number of ketones is 1. The smallest absolute Gasteiger partial charge is 0.152 e. The van der Waals surface area contributed by atoms with Crippen LogP contribution in [0.3, 0.4) is 0 Å². The Kier molecular flexibility index (Phi) is 4.51. The van der Waals surface area contributed by atoms with Crippen LogP contribution in [0.2, 0.25) is 0 Å². The number of carbonyl (C=O) groups is 1. The van der Waals surface area contributed by atoms with Crippen LogP contribution in [0.5, 0.6) is 0 Å². The fourth-order valence-corrected chi connectivity index (χ4v) is 3.63. The van der Waals surface area contributed by atoms with E-state index in [4.69, 9.17) is 0 Å². The summed E-state index contributed by atoms with van der Waals surface area (Å²) in [6.45, 7) is 3.75. The van der Waals surface area contributed by atoms with Gasteiger partial charge < -0.3 is 0 Å². The molecule has 1 saturated heterocycles. The van der Waals surface area contributed by atoms with Crippen molar-refractivity contribution in [1.29, 1.82) is 0 Å². The maximum Gasteiger partial charge on any atom is 0.152 e. The van der Waals surface area contributed by atoms with Gasteiger partial charge in [0.05, 0.1) is 19.2 Å². The molecule has 1 fully saturated rings. The first-order valence-electron chi connectivity index (χ1n) is 9.09. The van der Waals surface area contributed by atoms with Crippen LogP contribution < -0.4 is 0 Å². The summed E-state index contributed by atoms with van der Waals surface area (Å²) < 4.78 is 1.69. The predicted molar refractivity (Wildman–Crippen MR) is 101 cm³/mol. The third kappa shape index (κ3) is 3.51. The topological polar surface area (TPSA) is 63.9 Å². The number of aromatic nitrogens is 4. The zero-order valence-corrected chi connectivity index (χ0v) is 15.2. The van der Waals surface area contributed by atoms with Gasteiger partial charge in [0.1, 0.15) is 5.69 Å². The number of carbonyl (C=O) groups excluding carboxylic acids is 1. The quantitative estimate of drug-likeness (QED) is 0.708. The molecule has 1 aliphatic rings. The highest BCUT2D eigenvalue weighted by Gasteiger charge is 2.22. The van der Waals surface area contributed by atoms with Gasteiger partial charge in [-0.25, -0.2) is 0 Å². The van der Waals surface area contributed by atoms with E-state index in [1.54, 1.807) is 4.68 Å². The molecule has 26 heavy (non-hydrogen) atoms. The van der Waals surface area contributed by atoms with Crippen molar-refractivity contribution in [3.8, 4) is 11.3 Å². The molecule has 0 radical (unpaired) electrons. The van der Waals surface area contributed by atoms with Crippen LogP contribution in [0, 0.1) is 0 Å². The molecule has 0 aliphatic carbocycles. The Bertz CT molecular complexity index is 948. The van der Waals surface area contributed by atoms with Crippen molar-refractivity contribution in [1.82, 2.24) is 24.9 Å². The van der Waals surface area contributed by atoms with Crippen LogP contribution in [0.1, 0.15) is 25.5 Å². The summed E-state index contributed by atoms with van der Waals surface area (Å²) in [5.41, 5.74) is 2.68. The van der Waals surface area contributed by atoms with Crippen LogP contribution in [-0.4, -0.2) is 49.8 Å². The van der Waals surface area contributed by atoms with Crippen molar-refractivity contribution < 1.29 is 4.79 Å². The van der Waals surface area contributed by atoms with Gasteiger partial charge in [0.2, 0.25) is 0 Å². The lowest BCUT2D eigenvalue weighted by atomic mass is 10.0. The predicted octanol–water partition coefficient (Wildman–Crippen LogP) is 2.63. The summed E-state index contributed by atoms with van der Waals surface area (Å²) in [5.74, 6) is 0.232. The minimum atomic E-state index is 0.232. The molecule has 3 aromatic rings. The third-order valence-electron chi connectivity index (χ3n) is 5.13. The van der Waals surface area contributed by atoms with Gasteiger partial charge in [-0.2, -0.15) is 0 Å². The number of benzene rings is 1. The normalized spacial score (nSPS) is 17.8. The summed E-state index contributed by atoms with van der Waals surface area (Å²) in [4.78, 5) is 19.2. The van der Waals surface area contributed by atoms with Crippen molar-refractivity contribution in [3.05, 3.63) is 42.4 Å². The molecule has 6 nitrogen and oxygen atoms in total. The third-order valence-corrected chi connectivity index (χ3v) is 5.13. The van der Waals surface area contributed by atoms with E-state index in [-0.39, 0.29) is 5.78 Å². The number of Topliss-reactive ketones (excluding diaryl/α,β-unsaturated/α-hetero) is 1. The van der Waals surface area contributed by atoms with Crippen molar-refractivity contribution in [2.24, 2.45) is 7.05 Å². The first kappa shape index (κ1) is 16.8. The minimum absolute atomic E-state index is 0.232. The number of rotatable bonds is 5. The van der Waals surface area contributed by atoms with E-state index < -0.39 is 0 Å². The number of likely N-dealkylation sites (tertiary alicyclic amines) is 1. The lowest BCUT2D eigenvalue weighted by molar-refractivity contribution is -0.119. The molecule has 0 saturated carbocycles. The van der Waals surface area contributed by atoms with Gasteiger partial charge in [-0.15, -0.1) is 5.10 Å². The maximum atomic E-state index is 12.4. The molecular formula is C20H23N5O. The second kappa shape index (κ2) is 6.96. The maximum absolute atomic E-state index is 12.4. The van der Waals surface area contributed by atoms with Crippen LogP contribution in [0.4, 0.5) is 0 Å². The van der Waals surface area contributed by atoms with E-state index in [1.807, 2.05) is 37.6 Å². The molecule has 1 atom stereocenters. The molecule has 134 valence electrons. The molecule has 2 aromatic heterocycles. The first-order chi connectivity index (χ1) is 12.6. The van der Waals surface area contributed by atoms with Crippen LogP contribution in [0.15, 0.2) is 36.7 Å². The summed E-state index contributed by atoms with van der Waals surface area (Å²) in [6.07, 6.45) is 6.50. The molecule has 0 unspecified atom stereocenters. The zero-order chi connectivity index (χ0) is 18.1. The molecule has 1 aliphatic heterocycles. The fraction of sp³-hybridized carbons (Fsp3) is 0.400. The SMILES string of the molecule is C[C@H]1CCCN1CC(=O)Cc1cc2cc(-c3cn(C)nn3)ccc2cn1. The standard InChI is InChI=1S/C20H23N5O/c1-14-4-3-7-25(14)12-19(26)10-18-9-17-8-15(5-6-16(17)11-21-18)20-13-24(2)23-22-20/h5-6,8-9,11,13-14H,3-4,7,10,12H2,1-2H3/t14-/m0/s1. The van der Waals surface area contributed by atoms with Crippen LogP contribution in [-0.2, 0) is 18.3 Å². The molecule has 0 bridgehead atoms. The van der Waals surface area contributed by atoms with Gasteiger partial charge in [0.15, 0.2) is 5.78 Å². The molecule has 4 rings (SSSR count). The fourth-order valence-electron chi connectivity index (χ4n) is 3.63. The van der Waals surface area contributed by atoms with Crippen molar-refractivity contribution in [2.45, 2.75) is 32.2 Å². The highest BCUT2D eigenvalue weighted by Crippen LogP contribution is 2.23. The average molecular weight is 349 g/mol. The number of hydrogen-bond acceptors (Lipinski definition) is 5. The van der Waals surface area contributed by atoms with Crippen LogP contribution >= 0.6 is 0 Å². The molecule has 0 N–H and O–H groups in total. The van der Waals surface area contributed by atoms with Crippen LogP contribution in [0.25, 0.3) is 22.0 Å². The van der Waals surface area contributed by atoms with E-state index in [9.17, 15) is 4.79 Å². The largest absolute Gasteiger partial charge is 0.298 e. The summed E-state index contributed by atoms with van der Waals surface area (Å²) in [7, 11) is 1.85. The van der Waals surface area contributed by atoms with Gasteiger partial charge >= 0.3 is 0 Å². The van der Waals surface area contributed by atoms with Crippen molar-refractivity contribution in [2.75, 3.05) is 13.1 Å². The number of hydrogen-bond donors (Lipinski definition) is 0.